The van der Waals surface area contributed by atoms with E-state index in [2.05, 4.69) is 65.5 Å². The van der Waals surface area contributed by atoms with Gasteiger partial charge in [0.2, 0.25) is 0 Å². The highest BCUT2D eigenvalue weighted by molar-refractivity contribution is 6.89. The summed E-state index contributed by atoms with van der Waals surface area (Å²) in [7, 11) is -9.07. The van der Waals surface area contributed by atoms with Crippen LogP contribution in [0.3, 0.4) is 0 Å². The second-order valence-electron chi connectivity index (χ2n) is 10.8. The minimum Gasteiger partial charge on any atom is -0.462 e. The fourth-order valence-electron chi connectivity index (χ4n) is 3.36. The molecule has 33 heavy (non-hydrogen) atoms. The van der Waals surface area contributed by atoms with E-state index in [9.17, 15) is 9.59 Å². The Morgan fingerprint density at radius 2 is 0.909 bits per heavy atom. The van der Waals surface area contributed by atoms with Crippen LogP contribution >= 0.6 is 0 Å². The molecule has 7 nitrogen and oxygen atoms in total. The smallest absolute Gasteiger partial charge is 0.333 e. The molecule has 0 fully saturated rings. The Labute approximate surface area is 205 Å². The van der Waals surface area contributed by atoms with Gasteiger partial charge in [-0.25, -0.2) is 9.59 Å². The van der Waals surface area contributed by atoms with Gasteiger partial charge in [-0.2, -0.15) is 0 Å². The molecule has 192 valence electrons. The number of hydrogen-bond donors (Lipinski definition) is 0. The van der Waals surface area contributed by atoms with Gasteiger partial charge in [0.15, 0.2) is 16.6 Å². The van der Waals surface area contributed by atoms with E-state index in [1.54, 1.807) is 13.8 Å². The zero-order valence-electron chi connectivity index (χ0n) is 22.5. The van der Waals surface area contributed by atoms with Crippen molar-refractivity contribution in [2.75, 3.05) is 13.2 Å². The van der Waals surface area contributed by atoms with Gasteiger partial charge in [0.25, 0.3) is 0 Å². The number of hydrogen-bond acceptors (Lipinski definition) is 7. The topological polar surface area (TPSA) is 80.3 Å². The van der Waals surface area contributed by atoms with Crippen LogP contribution in [0.5, 0.6) is 0 Å². The number of rotatable bonds is 16. The molecule has 0 N–H and O–H groups in total. The molecule has 0 aromatic rings. The fourth-order valence-corrected chi connectivity index (χ4v) is 21.7. The van der Waals surface area contributed by atoms with Crippen LogP contribution in [-0.2, 0) is 31.4 Å². The summed E-state index contributed by atoms with van der Waals surface area (Å²) in [5.41, 5.74) is 0.779. The molecule has 2 atom stereocenters. The Bertz CT molecular complexity index is 642. The van der Waals surface area contributed by atoms with Gasteiger partial charge in [0, 0.05) is 11.1 Å². The third-order valence-electron chi connectivity index (χ3n) is 4.19. The predicted molar refractivity (Wildman–Crippen MR) is 144 cm³/mol. The Balaban J connectivity index is 5.41. The first-order valence-electron chi connectivity index (χ1n) is 11.5. The standard InChI is InChI=1S/C22H46O7Si4/c1-19(2)21(23)25-15-13-17-32(11,27-30(5,6)7)29-33(12,28-31(8,9)10)18-14-16-26-22(24)20(3)4/h1,3,13-18H2,2,4-12H3. The average molecular weight is 535 g/mol. The van der Waals surface area contributed by atoms with Gasteiger partial charge in [-0.3, -0.25) is 0 Å². The minimum absolute atomic E-state index is 0.302. The van der Waals surface area contributed by atoms with Crippen LogP contribution < -0.4 is 0 Å². The minimum atomic E-state index is -2.63. The Kier molecular flexibility index (Phi) is 13.0. The molecule has 0 bridgehead atoms. The number of ether oxygens (including phenoxy) is 2. The van der Waals surface area contributed by atoms with Gasteiger partial charge < -0.3 is 21.8 Å². The van der Waals surface area contributed by atoms with Crippen LogP contribution in [0.15, 0.2) is 24.3 Å². The van der Waals surface area contributed by atoms with Gasteiger partial charge in [0.05, 0.1) is 13.2 Å². The van der Waals surface area contributed by atoms with E-state index in [-0.39, 0.29) is 11.9 Å². The van der Waals surface area contributed by atoms with Crippen LogP contribution in [0.4, 0.5) is 0 Å². The summed E-state index contributed by atoms with van der Waals surface area (Å²) in [6.45, 7) is 28.2. The van der Waals surface area contributed by atoms with Gasteiger partial charge in [0.1, 0.15) is 0 Å². The third kappa shape index (κ3) is 15.6. The molecule has 0 aliphatic rings. The van der Waals surface area contributed by atoms with Gasteiger partial charge >= 0.3 is 29.1 Å². The molecule has 0 saturated carbocycles. The molecule has 0 aromatic carbocycles. The fraction of sp³-hybridized carbons (Fsp3) is 0.727. The summed E-state index contributed by atoms with van der Waals surface area (Å²) in [4.78, 5) is 23.4. The highest BCUT2D eigenvalue weighted by Gasteiger charge is 2.46. The highest BCUT2D eigenvalue weighted by Crippen LogP contribution is 2.30. The van der Waals surface area contributed by atoms with Crippen molar-refractivity contribution in [1.82, 2.24) is 0 Å². The van der Waals surface area contributed by atoms with Crippen LogP contribution in [0.25, 0.3) is 0 Å². The number of esters is 2. The van der Waals surface area contributed by atoms with Crippen LogP contribution in [0, 0.1) is 0 Å². The average Bonchev–Trinajstić information content (AvgIpc) is 2.58. The normalized spacial score (nSPS) is 15.8. The largest absolute Gasteiger partial charge is 0.462 e. The maximum absolute atomic E-state index is 11.7. The first-order chi connectivity index (χ1) is 14.8. The highest BCUT2D eigenvalue weighted by atomic mass is 28.5. The third-order valence-corrected chi connectivity index (χ3v) is 18.5. The molecule has 0 heterocycles. The Morgan fingerprint density at radius 3 is 1.15 bits per heavy atom. The lowest BCUT2D eigenvalue weighted by Gasteiger charge is -2.43. The number of carbonyl (C=O) groups excluding carboxylic acids is 2. The predicted octanol–water partition coefficient (Wildman–Crippen LogP) is 5.87. The molecule has 0 aromatic heterocycles. The SMILES string of the molecule is C=C(C)C(=O)OCCC[Si](C)(O[Si](C)(C)C)O[Si](C)(CCCOC(=O)C(=C)C)O[Si](C)(C)C. The van der Waals surface area contributed by atoms with E-state index in [1.165, 1.54) is 0 Å². The van der Waals surface area contributed by atoms with Gasteiger partial charge in [-0.1, -0.05) is 13.2 Å². The summed E-state index contributed by atoms with van der Waals surface area (Å²) >= 11 is 0. The molecular formula is C22H46O7Si4. The Hall–Kier alpha value is -0.832. The number of carbonyl (C=O) groups is 2. The monoisotopic (exact) mass is 534 g/mol. The van der Waals surface area contributed by atoms with Crippen molar-refractivity contribution in [3.05, 3.63) is 24.3 Å². The van der Waals surface area contributed by atoms with Crippen LogP contribution in [0.1, 0.15) is 26.7 Å². The van der Waals surface area contributed by atoms with Crippen molar-refractivity contribution >= 4 is 45.7 Å². The van der Waals surface area contributed by atoms with E-state index in [4.69, 9.17) is 21.8 Å². The van der Waals surface area contributed by atoms with Crippen LogP contribution in [-0.4, -0.2) is 58.9 Å². The quantitative estimate of drug-likeness (QED) is 0.106. The molecular weight excluding hydrogens is 489 g/mol. The van der Waals surface area contributed by atoms with E-state index < -0.39 is 33.8 Å². The lowest BCUT2D eigenvalue weighted by atomic mass is 10.4. The van der Waals surface area contributed by atoms with E-state index in [0.29, 0.717) is 49.3 Å². The molecule has 11 heteroatoms. The summed E-state index contributed by atoms with van der Waals surface area (Å²) in [6.07, 6.45) is 1.31. The summed E-state index contributed by atoms with van der Waals surface area (Å²) in [5.74, 6) is -0.757. The van der Waals surface area contributed by atoms with Gasteiger partial charge in [-0.05, 0) is 91.2 Å². The van der Waals surface area contributed by atoms with Crippen LogP contribution in [0.2, 0.25) is 64.5 Å². The zero-order valence-corrected chi connectivity index (χ0v) is 26.5. The maximum Gasteiger partial charge on any atom is 0.333 e. The molecule has 0 rings (SSSR count). The maximum atomic E-state index is 11.7. The zero-order chi connectivity index (χ0) is 26.1. The Morgan fingerprint density at radius 1 is 0.606 bits per heavy atom. The summed E-state index contributed by atoms with van der Waals surface area (Å²) in [6, 6.07) is 1.39. The van der Waals surface area contributed by atoms with Crippen molar-refractivity contribution in [1.29, 1.82) is 0 Å². The van der Waals surface area contributed by atoms with Gasteiger partial charge in [-0.15, -0.1) is 0 Å². The molecule has 0 radical (unpaired) electrons. The summed E-state index contributed by atoms with van der Waals surface area (Å²) < 4.78 is 30.7. The van der Waals surface area contributed by atoms with Crippen molar-refractivity contribution in [3.63, 3.8) is 0 Å². The van der Waals surface area contributed by atoms with Crippen molar-refractivity contribution in [2.45, 2.75) is 91.2 Å². The molecule has 0 saturated heterocycles. The molecule has 0 spiro atoms. The summed E-state index contributed by atoms with van der Waals surface area (Å²) in [5, 5.41) is 0. The molecule has 2 unspecified atom stereocenters. The molecule has 0 aliphatic heterocycles. The van der Waals surface area contributed by atoms with Crippen molar-refractivity contribution in [2.24, 2.45) is 0 Å². The first kappa shape index (κ1) is 32.2. The molecule has 0 aliphatic carbocycles. The van der Waals surface area contributed by atoms with E-state index >= 15 is 0 Å². The first-order valence-corrected chi connectivity index (χ1v) is 23.4. The second-order valence-corrected chi connectivity index (χ2v) is 27.3. The molecule has 0 amide bonds. The van der Waals surface area contributed by atoms with E-state index in [1.807, 2.05) is 0 Å². The lowest BCUT2D eigenvalue weighted by molar-refractivity contribution is -0.139. The second kappa shape index (κ2) is 13.3. The van der Waals surface area contributed by atoms with E-state index in [0.717, 1.165) is 0 Å². The lowest BCUT2D eigenvalue weighted by Crippen LogP contribution is -2.58. The van der Waals surface area contributed by atoms with Crippen molar-refractivity contribution < 1.29 is 31.4 Å². The van der Waals surface area contributed by atoms with Crippen molar-refractivity contribution in [3.8, 4) is 0 Å².